The number of rotatable bonds is 3. The summed E-state index contributed by atoms with van der Waals surface area (Å²) in [5, 5.41) is 27.6. The van der Waals surface area contributed by atoms with Gasteiger partial charge in [-0.2, -0.15) is 0 Å². The summed E-state index contributed by atoms with van der Waals surface area (Å²) < 4.78 is 1.42. The van der Waals surface area contributed by atoms with Gasteiger partial charge in [-0.15, -0.1) is 0 Å². The molecule has 0 bridgehead atoms. The molecule has 2 heterocycles. The summed E-state index contributed by atoms with van der Waals surface area (Å²) in [6.07, 6.45) is 1.32. The molecule has 7 heteroatoms. The number of fused-ring (bicyclic) bond motifs is 1. The number of aromatic hydroxyl groups is 1. The maximum atomic E-state index is 11.3. The molecule has 0 fully saturated rings. The summed E-state index contributed by atoms with van der Waals surface area (Å²) >= 11 is 0. The molecule has 110 valence electrons. The van der Waals surface area contributed by atoms with Gasteiger partial charge in [0.15, 0.2) is 5.69 Å². The predicted octanol–water partition coefficient (Wildman–Crippen LogP) is 2.10. The number of phenols is 1. The lowest BCUT2D eigenvalue weighted by Gasteiger charge is -2.03. The Morgan fingerprint density at radius 1 is 0.955 bits per heavy atom. The van der Waals surface area contributed by atoms with E-state index in [0.29, 0.717) is 11.1 Å². The number of pyridine rings is 1. The third-order valence-corrected chi connectivity index (χ3v) is 3.21. The number of aromatic nitrogens is 2. The summed E-state index contributed by atoms with van der Waals surface area (Å²) in [7, 11) is 0. The van der Waals surface area contributed by atoms with Crippen LogP contribution in [0.1, 0.15) is 20.8 Å². The summed E-state index contributed by atoms with van der Waals surface area (Å²) in [4.78, 5) is 26.5. The van der Waals surface area contributed by atoms with Crippen LogP contribution >= 0.6 is 0 Å². The number of benzene rings is 1. The second-order valence-corrected chi connectivity index (χ2v) is 4.61. The lowest BCUT2D eigenvalue weighted by atomic mass is 10.2. The quantitative estimate of drug-likeness (QED) is 0.682. The van der Waals surface area contributed by atoms with E-state index in [0.717, 1.165) is 0 Å². The number of carbonyl (C=O) groups is 2. The summed E-state index contributed by atoms with van der Waals surface area (Å²) in [6.45, 7) is 0. The van der Waals surface area contributed by atoms with Crippen LogP contribution in [-0.2, 0) is 0 Å². The molecule has 0 aliphatic carbocycles. The summed E-state index contributed by atoms with van der Waals surface area (Å²) in [5.41, 5.74) is 0.699. The topological polar surface area (TPSA) is 112 Å². The number of phenolic OH excluding ortho intramolecular Hbond substituents is 1. The van der Waals surface area contributed by atoms with Crippen molar-refractivity contribution in [3.05, 3.63) is 53.9 Å². The highest BCUT2D eigenvalue weighted by atomic mass is 16.4. The van der Waals surface area contributed by atoms with Crippen molar-refractivity contribution in [2.45, 2.75) is 0 Å². The molecule has 0 spiro atoms. The van der Waals surface area contributed by atoms with E-state index in [-0.39, 0.29) is 22.8 Å². The number of aromatic carboxylic acids is 2. The smallest absolute Gasteiger partial charge is 0.356 e. The third kappa shape index (κ3) is 2.14. The molecular weight excluding hydrogens is 288 g/mol. The van der Waals surface area contributed by atoms with Gasteiger partial charge < -0.3 is 15.3 Å². The molecule has 1 aromatic carbocycles. The predicted molar refractivity (Wildman–Crippen MR) is 76.2 cm³/mol. The number of hydrogen-bond donors (Lipinski definition) is 3. The Morgan fingerprint density at radius 2 is 1.64 bits per heavy atom. The van der Waals surface area contributed by atoms with E-state index < -0.39 is 11.9 Å². The van der Waals surface area contributed by atoms with Gasteiger partial charge in [-0.3, -0.25) is 4.40 Å². The number of carboxylic acids is 2. The summed E-state index contributed by atoms with van der Waals surface area (Å²) in [6, 6.07) is 8.76. The van der Waals surface area contributed by atoms with Crippen LogP contribution in [0.25, 0.3) is 16.9 Å². The van der Waals surface area contributed by atoms with Crippen molar-refractivity contribution in [2.24, 2.45) is 0 Å². The van der Waals surface area contributed by atoms with Crippen molar-refractivity contribution in [3.8, 4) is 17.1 Å². The zero-order valence-electron chi connectivity index (χ0n) is 11.1. The van der Waals surface area contributed by atoms with Gasteiger partial charge in [0, 0.05) is 11.8 Å². The molecule has 0 saturated carbocycles. The number of imidazole rings is 1. The molecular formula is C15H10N2O5. The fraction of sp³-hybridized carbons (Fsp3) is 0. The van der Waals surface area contributed by atoms with Crippen LogP contribution < -0.4 is 0 Å². The molecule has 0 radical (unpaired) electrons. The van der Waals surface area contributed by atoms with Crippen LogP contribution in [0, 0.1) is 0 Å². The molecule has 0 atom stereocenters. The van der Waals surface area contributed by atoms with Crippen molar-refractivity contribution < 1.29 is 24.9 Å². The van der Waals surface area contributed by atoms with Crippen molar-refractivity contribution in [2.75, 3.05) is 0 Å². The minimum absolute atomic E-state index is 0.0156. The SMILES string of the molecule is O=C(O)c1ccc2c(C(=O)O)nc(-c3ccc(O)cc3)n2c1. The minimum atomic E-state index is -1.20. The van der Waals surface area contributed by atoms with Crippen molar-refractivity contribution >= 4 is 17.5 Å². The van der Waals surface area contributed by atoms with Crippen LogP contribution in [-0.4, -0.2) is 36.6 Å². The van der Waals surface area contributed by atoms with Crippen molar-refractivity contribution in [3.63, 3.8) is 0 Å². The van der Waals surface area contributed by atoms with Crippen LogP contribution in [0.4, 0.5) is 0 Å². The molecule has 3 rings (SSSR count). The number of nitrogens with zero attached hydrogens (tertiary/aromatic N) is 2. The highest BCUT2D eigenvalue weighted by Crippen LogP contribution is 2.25. The number of hydrogen-bond acceptors (Lipinski definition) is 4. The van der Waals surface area contributed by atoms with Crippen LogP contribution in [0.5, 0.6) is 5.75 Å². The van der Waals surface area contributed by atoms with Crippen molar-refractivity contribution in [1.29, 1.82) is 0 Å². The maximum Gasteiger partial charge on any atom is 0.356 e. The van der Waals surface area contributed by atoms with E-state index >= 15 is 0 Å². The van der Waals surface area contributed by atoms with E-state index in [2.05, 4.69) is 4.98 Å². The molecule has 0 amide bonds. The average Bonchev–Trinajstić information content (AvgIpc) is 2.87. The van der Waals surface area contributed by atoms with E-state index in [1.807, 2.05) is 0 Å². The number of carboxylic acid groups (broad SMARTS) is 2. The van der Waals surface area contributed by atoms with E-state index in [4.69, 9.17) is 5.11 Å². The van der Waals surface area contributed by atoms with E-state index in [1.165, 1.54) is 34.9 Å². The molecule has 0 aliphatic heterocycles. The van der Waals surface area contributed by atoms with Gasteiger partial charge in [-0.1, -0.05) is 0 Å². The Hall–Kier alpha value is -3.35. The first-order valence-corrected chi connectivity index (χ1v) is 6.25. The largest absolute Gasteiger partial charge is 0.508 e. The fourth-order valence-electron chi connectivity index (χ4n) is 2.18. The van der Waals surface area contributed by atoms with E-state index in [1.54, 1.807) is 12.1 Å². The van der Waals surface area contributed by atoms with Crippen LogP contribution in [0.3, 0.4) is 0 Å². The first-order valence-electron chi connectivity index (χ1n) is 6.25. The molecule has 22 heavy (non-hydrogen) atoms. The lowest BCUT2D eigenvalue weighted by Crippen LogP contribution is -2.00. The average molecular weight is 298 g/mol. The molecule has 0 unspecified atom stereocenters. The molecule has 3 aromatic rings. The molecule has 2 aromatic heterocycles. The van der Waals surface area contributed by atoms with Crippen LogP contribution in [0.15, 0.2) is 42.6 Å². The Morgan fingerprint density at radius 3 is 2.23 bits per heavy atom. The monoisotopic (exact) mass is 298 g/mol. The van der Waals surface area contributed by atoms with Gasteiger partial charge in [0.25, 0.3) is 0 Å². The molecule has 0 saturated heterocycles. The highest BCUT2D eigenvalue weighted by molar-refractivity contribution is 5.96. The molecule has 0 aliphatic rings. The van der Waals surface area contributed by atoms with E-state index in [9.17, 15) is 19.8 Å². The Labute approximate surface area is 123 Å². The van der Waals surface area contributed by atoms with Gasteiger partial charge in [0.1, 0.15) is 11.6 Å². The Kier molecular flexibility index (Phi) is 3.03. The highest BCUT2D eigenvalue weighted by Gasteiger charge is 2.19. The maximum absolute atomic E-state index is 11.3. The standard InChI is InChI=1S/C15H10N2O5/c18-10-4-1-8(2-5-10)13-16-12(15(21)22)11-6-3-9(14(19)20)7-17(11)13/h1-7,18H,(H,19,20)(H,21,22). The second-order valence-electron chi connectivity index (χ2n) is 4.61. The normalized spacial score (nSPS) is 10.7. The Balaban J connectivity index is 2.32. The zero-order valence-corrected chi connectivity index (χ0v) is 11.1. The van der Waals surface area contributed by atoms with Crippen molar-refractivity contribution in [1.82, 2.24) is 9.38 Å². The lowest BCUT2D eigenvalue weighted by molar-refractivity contribution is 0.0685. The zero-order chi connectivity index (χ0) is 15.9. The van der Waals surface area contributed by atoms with Gasteiger partial charge in [-0.25, -0.2) is 14.6 Å². The first-order chi connectivity index (χ1) is 10.5. The van der Waals surface area contributed by atoms with Crippen LogP contribution in [0.2, 0.25) is 0 Å². The first kappa shape index (κ1) is 13.6. The van der Waals surface area contributed by atoms with Gasteiger partial charge in [0.2, 0.25) is 0 Å². The fourth-order valence-corrected chi connectivity index (χ4v) is 2.18. The minimum Gasteiger partial charge on any atom is -0.508 e. The molecule has 7 nitrogen and oxygen atoms in total. The third-order valence-electron chi connectivity index (χ3n) is 3.21. The van der Waals surface area contributed by atoms with Gasteiger partial charge >= 0.3 is 11.9 Å². The Bertz CT molecular complexity index is 896. The van der Waals surface area contributed by atoms with Gasteiger partial charge in [0.05, 0.1) is 11.1 Å². The second kappa shape index (κ2) is 4.88. The molecule has 3 N–H and O–H groups in total. The van der Waals surface area contributed by atoms with Gasteiger partial charge in [-0.05, 0) is 36.4 Å². The summed E-state index contributed by atoms with van der Waals surface area (Å²) in [5.74, 6) is -1.97.